The number of fused-ring (bicyclic) bond motifs is 2. The van der Waals surface area contributed by atoms with Gasteiger partial charge in [0.2, 0.25) is 16.4 Å². The van der Waals surface area contributed by atoms with Gasteiger partial charge in [0.1, 0.15) is 22.9 Å². The van der Waals surface area contributed by atoms with Crippen LogP contribution in [0.15, 0.2) is 33.0 Å². The molecule has 21 heteroatoms. The number of rotatable bonds is 10. The molecule has 2 fully saturated rings. The normalized spacial score (nSPS) is 20.8. The molecule has 5 heterocycles. The number of aliphatic carboxylic acids is 2. The van der Waals surface area contributed by atoms with E-state index in [1.807, 2.05) is 0 Å². The Hall–Kier alpha value is -4.63. The summed E-state index contributed by atoms with van der Waals surface area (Å²) in [5.41, 5.74) is 16.4. The number of oxime groups is 1. The molecule has 46 heavy (non-hydrogen) atoms. The summed E-state index contributed by atoms with van der Waals surface area (Å²) in [7, 11) is 1.71. The van der Waals surface area contributed by atoms with Crippen molar-refractivity contribution in [1.29, 1.82) is 0 Å². The molecular formula is C25H27N11O7S3. The van der Waals surface area contributed by atoms with Crippen molar-refractivity contribution < 1.29 is 38.8 Å². The number of aromatic nitrogens is 5. The summed E-state index contributed by atoms with van der Waals surface area (Å²) in [6, 6.07) is 0.474. The minimum Gasteiger partial charge on any atom is -0.543 e. The standard InChI is InChI=1S/C25H27N11O7S3/c1-34-13-6-12(26)30-24(36(13)32-22(34)27)46-8-10-7-44-19-15(18(38)35(19)16(10)20(39)40)31-17(37)14(11-9-45-23(28)29-11)33-43-25(21(41)42)4-2-3-5-25/h6,9,15,19,26H,2-5,7-8H2,1H3,(H7,27,28,29,31,32,37,39,40,41,42)/b33-14-/t15?,19-/m1/s1. The molecule has 2 amide bonds. The number of carbonyl (C=O) groups excluding carboxylic acids is 3. The SMILES string of the molecule is C[n+]1c(N)nn2c(SCC3=C(C(=O)[O-])N4C(=O)C(NC(=O)/C(=N\OC5(C(=O)O)CCCC5)c5csc(N)n5)[C@H]4SC3)nc(N)cc21. The number of nitrogen functional groups attached to an aromatic ring is 3. The van der Waals surface area contributed by atoms with Crippen molar-refractivity contribution in [3.05, 3.63) is 28.4 Å². The van der Waals surface area contributed by atoms with E-state index < -0.39 is 40.8 Å². The summed E-state index contributed by atoms with van der Waals surface area (Å²) in [4.78, 5) is 65.9. The summed E-state index contributed by atoms with van der Waals surface area (Å²) in [5, 5.41) is 34.0. The predicted octanol–water partition coefficient (Wildman–Crippen LogP) is -1.93. The van der Waals surface area contributed by atoms with Gasteiger partial charge in [-0.1, -0.05) is 21.4 Å². The first kappa shape index (κ1) is 31.4. The molecule has 1 saturated carbocycles. The average molecular weight is 690 g/mol. The number of anilines is 3. The first-order chi connectivity index (χ1) is 21.9. The second-order valence-electron chi connectivity index (χ2n) is 10.6. The van der Waals surface area contributed by atoms with Gasteiger partial charge in [0.15, 0.2) is 10.8 Å². The Bertz CT molecular complexity index is 1850. The maximum absolute atomic E-state index is 13.4. The first-order valence-electron chi connectivity index (χ1n) is 13.7. The fraction of sp³-hybridized carbons (Fsp3) is 0.400. The van der Waals surface area contributed by atoms with Crippen LogP contribution in [0, 0.1) is 0 Å². The molecule has 1 aliphatic carbocycles. The van der Waals surface area contributed by atoms with Gasteiger partial charge in [0.05, 0.1) is 18.7 Å². The number of thiazole rings is 1. The van der Waals surface area contributed by atoms with Gasteiger partial charge in [0.25, 0.3) is 11.8 Å². The summed E-state index contributed by atoms with van der Waals surface area (Å²) in [5.74, 6) is -3.56. The van der Waals surface area contributed by atoms with Crippen LogP contribution < -0.4 is 32.2 Å². The highest BCUT2D eigenvalue weighted by Crippen LogP contribution is 2.41. The van der Waals surface area contributed by atoms with Gasteiger partial charge in [-0.25, -0.2) is 14.3 Å². The molecule has 2 aliphatic heterocycles. The fourth-order valence-corrected chi connectivity index (χ4v) is 8.35. The second kappa shape index (κ2) is 11.9. The molecule has 8 N–H and O–H groups in total. The molecule has 3 aromatic heterocycles. The molecule has 0 aromatic carbocycles. The van der Waals surface area contributed by atoms with Crippen molar-refractivity contribution in [3.63, 3.8) is 0 Å². The number of nitrogens with zero attached hydrogens (tertiary/aromatic N) is 7. The van der Waals surface area contributed by atoms with E-state index >= 15 is 0 Å². The molecule has 0 radical (unpaired) electrons. The number of aryl methyl sites for hydroxylation is 1. The van der Waals surface area contributed by atoms with Crippen molar-refractivity contribution in [2.24, 2.45) is 12.2 Å². The molecule has 1 unspecified atom stereocenters. The van der Waals surface area contributed by atoms with Crippen LogP contribution in [-0.2, 0) is 31.1 Å². The van der Waals surface area contributed by atoms with E-state index in [0.29, 0.717) is 29.2 Å². The van der Waals surface area contributed by atoms with Crippen molar-refractivity contribution in [2.45, 2.75) is 47.9 Å². The quantitative estimate of drug-likeness (QED) is 0.0387. The van der Waals surface area contributed by atoms with E-state index in [9.17, 15) is 29.4 Å². The highest BCUT2D eigenvalue weighted by molar-refractivity contribution is 8.01. The topological polar surface area (TPSA) is 273 Å². The number of β-lactam (4-membered cyclic amide) rings is 1. The third-order valence-corrected chi connectivity index (χ3v) is 10.8. The van der Waals surface area contributed by atoms with Crippen molar-refractivity contribution >= 4 is 86.9 Å². The van der Waals surface area contributed by atoms with Gasteiger partial charge in [-0.3, -0.25) is 14.5 Å². The molecule has 0 spiro atoms. The molecule has 0 bridgehead atoms. The number of nitrogens with one attached hydrogen (secondary N) is 1. The number of nitrogens with two attached hydrogens (primary N) is 3. The predicted molar refractivity (Wildman–Crippen MR) is 164 cm³/mol. The number of hydrogen-bond acceptors (Lipinski definition) is 16. The Kier molecular flexibility index (Phi) is 8.14. The lowest BCUT2D eigenvalue weighted by molar-refractivity contribution is -0.631. The van der Waals surface area contributed by atoms with Crippen LogP contribution in [0.1, 0.15) is 31.4 Å². The summed E-state index contributed by atoms with van der Waals surface area (Å²) >= 11 is 3.44. The molecule has 242 valence electrons. The Morgan fingerprint density at radius 1 is 1.28 bits per heavy atom. The van der Waals surface area contributed by atoms with Crippen molar-refractivity contribution in [1.82, 2.24) is 29.8 Å². The van der Waals surface area contributed by atoms with E-state index in [2.05, 4.69) is 25.5 Å². The van der Waals surface area contributed by atoms with Crippen molar-refractivity contribution in [3.8, 4) is 0 Å². The van der Waals surface area contributed by atoms with E-state index in [-0.39, 0.29) is 58.3 Å². The molecular weight excluding hydrogens is 663 g/mol. The lowest BCUT2D eigenvalue weighted by atomic mass is 10.0. The average Bonchev–Trinajstić information content (AvgIpc) is 3.74. The Labute approximate surface area is 272 Å². The third-order valence-electron chi connectivity index (χ3n) is 7.78. The van der Waals surface area contributed by atoms with Gasteiger partial charge in [-0.15, -0.1) is 23.1 Å². The minimum atomic E-state index is -1.59. The zero-order chi connectivity index (χ0) is 32.9. The van der Waals surface area contributed by atoms with E-state index in [1.54, 1.807) is 17.7 Å². The molecule has 1 saturated heterocycles. The zero-order valence-corrected chi connectivity index (χ0v) is 26.5. The molecule has 2 atom stereocenters. The summed E-state index contributed by atoms with van der Waals surface area (Å²) < 4.78 is 3.10. The van der Waals surface area contributed by atoms with Crippen molar-refractivity contribution in [2.75, 3.05) is 28.7 Å². The number of carbonyl (C=O) groups is 4. The highest BCUT2D eigenvalue weighted by atomic mass is 32.2. The van der Waals surface area contributed by atoms with Gasteiger partial charge in [0, 0.05) is 40.9 Å². The van der Waals surface area contributed by atoms with Gasteiger partial charge in [-0.2, -0.15) is 4.98 Å². The number of carboxylic acid groups (broad SMARTS) is 2. The van der Waals surface area contributed by atoms with Crippen LogP contribution in [0.4, 0.5) is 16.9 Å². The van der Waals surface area contributed by atoms with Gasteiger partial charge in [-0.05, 0) is 18.4 Å². The number of hydrogen-bond donors (Lipinski definition) is 5. The number of amides is 2. The maximum atomic E-state index is 13.4. The number of carboxylic acids is 2. The smallest absolute Gasteiger partial charge is 0.376 e. The maximum Gasteiger partial charge on any atom is 0.376 e. The minimum absolute atomic E-state index is 0.0323. The molecule has 3 aromatic rings. The van der Waals surface area contributed by atoms with Crippen LogP contribution in [0.3, 0.4) is 0 Å². The molecule has 6 rings (SSSR count). The van der Waals surface area contributed by atoms with Crippen LogP contribution >= 0.6 is 34.9 Å². The van der Waals surface area contributed by atoms with Crippen LogP contribution in [0.5, 0.6) is 0 Å². The summed E-state index contributed by atoms with van der Waals surface area (Å²) in [6.07, 6.45) is 1.65. The Balaban J connectivity index is 1.21. The lowest BCUT2D eigenvalue weighted by Crippen LogP contribution is -2.71. The third kappa shape index (κ3) is 5.42. The lowest BCUT2D eigenvalue weighted by Gasteiger charge is -2.50. The first-order valence-corrected chi connectivity index (χ1v) is 16.6. The van der Waals surface area contributed by atoms with E-state index in [1.165, 1.54) is 21.7 Å². The van der Waals surface area contributed by atoms with Crippen LogP contribution in [0.25, 0.3) is 5.65 Å². The van der Waals surface area contributed by atoms with E-state index in [0.717, 1.165) is 28.0 Å². The van der Waals surface area contributed by atoms with E-state index in [4.69, 9.17) is 22.0 Å². The van der Waals surface area contributed by atoms with Gasteiger partial charge >= 0.3 is 11.9 Å². The second-order valence-corrected chi connectivity index (χ2v) is 13.6. The molecule has 3 aliphatic rings. The Morgan fingerprint density at radius 3 is 2.67 bits per heavy atom. The molecule has 18 nitrogen and oxygen atoms in total. The monoisotopic (exact) mass is 689 g/mol. The van der Waals surface area contributed by atoms with Gasteiger partial charge < -0.3 is 42.4 Å². The Morgan fingerprint density at radius 2 is 2.02 bits per heavy atom. The zero-order valence-electron chi connectivity index (χ0n) is 24.0. The number of thioether (sulfide) groups is 2. The highest BCUT2D eigenvalue weighted by Gasteiger charge is 2.53. The summed E-state index contributed by atoms with van der Waals surface area (Å²) in [6.45, 7) is 0. The van der Waals surface area contributed by atoms with Crippen LogP contribution in [0.2, 0.25) is 0 Å². The van der Waals surface area contributed by atoms with Crippen LogP contribution in [-0.4, -0.2) is 87.6 Å². The largest absolute Gasteiger partial charge is 0.543 e. The fourth-order valence-electron chi connectivity index (χ4n) is 5.36.